The molecule has 0 bridgehead atoms. The quantitative estimate of drug-likeness (QED) is 0.0100. The lowest BCUT2D eigenvalue weighted by Crippen LogP contribution is -2.48. The van der Waals surface area contributed by atoms with E-state index in [2.05, 4.69) is 46.3 Å². The van der Waals surface area contributed by atoms with E-state index in [1.165, 1.54) is 31.1 Å². The van der Waals surface area contributed by atoms with Crippen molar-refractivity contribution < 1.29 is 95.9 Å². The molecule has 2 radical (unpaired) electrons. The normalized spacial score (nSPS) is 12.8. The highest BCUT2D eigenvalue weighted by Crippen LogP contribution is 2.38. The highest BCUT2D eigenvalue weighted by Gasteiger charge is 2.50. The van der Waals surface area contributed by atoms with Crippen LogP contribution in [-0.4, -0.2) is 135 Å². The number of benzene rings is 12. The summed E-state index contributed by atoms with van der Waals surface area (Å²) in [5.41, 5.74) is 14.6. The SMILES string of the molecule is CC.CC(C)(O)C(C)(C)O.CC1(C)OB(/C=C/c2cccc(Cl)c2F)OC1(C)C.C[C@](N)(CO)C(=O)O.Cc1ccc(C=O)cc1/C=C/c1cccc(-c2ccccc2)c1F.Cc1ccc(C=O)cc1/C=C/c1cccc(Cl)c1F.Cc1ccc(C=O)cc1Br.Cc1ccc(CC[C@@](C)(CO)C(=O)O)cc1/C=C/c1cccc(-c2ccccc2)c1F.Fc1c(Cl)cccc1Br.OB(O)c1ccccc1.[B]C=C. The molecule has 16 nitrogen and oxygen atoms in total. The van der Waals surface area contributed by atoms with Crippen molar-refractivity contribution >= 4 is 168 Å². The number of carbonyl (C=O) groups is 5. The Bertz CT molecular complexity index is 6140. The third-order valence-corrected chi connectivity index (χ3v) is 24.3. The third kappa shape index (κ3) is 41.5. The van der Waals surface area contributed by atoms with Crippen LogP contribution < -0.4 is 11.2 Å². The molecule has 748 valence electrons. The summed E-state index contributed by atoms with van der Waals surface area (Å²) in [5.74, 6) is -1.04. The molecule has 0 spiro atoms. The zero-order valence-corrected chi connectivity index (χ0v) is 87.7. The number of aliphatic hydroxyl groups is 4. The summed E-state index contributed by atoms with van der Waals surface area (Å²) in [7, 11) is 2.79. The minimum Gasteiger partial charge on any atom is -0.481 e. The van der Waals surface area contributed by atoms with Crippen LogP contribution in [0.25, 0.3) is 64.8 Å². The van der Waals surface area contributed by atoms with E-state index in [1.54, 1.807) is 186 Å². The van der Waals surface area contributed by atoms with Gasteiger partial charge in [0.1, 0.15) is 55.5 Å². The molecule has 2 atom stereocenters. The van der Waals surface area contributed by atoms with Crippen LogP contribution in [0.15, 0.2) is 282 Å². The van der Waals surface area contributed by atoms with Gasteiger partial charge in [0, 0.05) is 54.5 Å². The predicted octanol–water partition coefficient (Wildman–Crippen LogP) is 26.5. The lowest BCUT2D eigenvalue weighted by Gasteiger charge is -2.32. The van der Waals surface area contributed by atoms with Crippen molar-refractivity contribution in [1.29, 1.82) is 0 Å². The van der Waals surface area contributed by atoms with Gasteiger partial charge in [0.2, 0.25) is 0 Å². The zero-order valence-electron chi connectivity index (χ0n) is 82.2. The summed E-state index contributed by atoms with van der Waals surface area (Å²) in [6, 6.07) is 75.1. The molecule has 0 aromatic heterocycles. The Morgan fingerprint density at radius 1 is 0.444 bits per heavy atom. The van der Waals surface area contributed by atoms with Gasteiger partial charge in [-0.2, -0.15) is 0 Å². The van der Waals surface area contributed by atoms with Crippen LogP contribution in [0.3, 0.4) is 0 Å². The number of hydrogen-bond acceptors (Lipinski definition) is 14. The molecule has 1 aliphatic heterocycles. The number of aldehydes is 3. The van der Waals surface area contributed by atoms with E-state index in [1.807, 2.05) is 203 Å². The van der Waals surface area contributed by atoms with E-state index in [9.17, 15) is 51.7 Å². The Morgan fingerprint density at radius 3 is 1.10 bits per heavy atom. The minimum atomic E-state index is -1.49. The van der Waals surface area contributed by atoms with E-state index in [-0.39, 0.29) is 26.7 Å². The first-order valence-electron chi connectivity index (χ1n) is 44.6. The van der Waals surface area contributed by atoms with Crippen molar-refractivity contribution in [2.45, 2.75) is 152 Å². The summed E-state index contributed by atoms with van der Waals surface area (Å²) in [6.07, 6.45) is 15.6. The lowest BCUT2D eigenvalue weighted by atomic mass is 9.81. The maximum Gasteiger partial charge on any atom is 0.488 e. The number of aryl methyl sites for hydroxylation is 5. The monoisotopic (exact) mass is 2120 g/mol. The number of halogens is 10. The Hall–Kier alpha value is -11.4. The van der Waals surface area contributed by atoms with E-state index < -0.39 is 90.2 Å². The van der Waals surface area contributed by atoms with Gasteiger partial charge in [0.05, 0.1) is 60.6 Å². The van der Waals surface area contributed by atoms with E-state index in [0.717, 1.165) is 79.0 Å². The average molecular weight is 2130 g/mol. The number of nitrogens with two attached hydrogens (primary N) is 1. The predicted molar refractivity (Wildman–Crippen MR) is 581 cm³/mol. The molecule has 0 amide bonds. The largest absolute Gasteiger partial charge is 0.488 e. The Balaban J connectivity index is 0.000000425. The van der Waals surface area contributed by atoms with Crippen molar-refractivity contribution in [2.75, 3.05) is 13.2 Å². The minimum absolute atomic E-state index is 0.0977. The maximum absolute atomic E-state index is 15.1. The number of aliphatic hydroxyl groups excluding tert-OH is 2. The smallest absolute Gasteiger partial charge is 0.481 e. The lowest BCUT2D eigenvalue weighted by molar-refractivity contribution is -0.150. The standard InChI is InChI=1S/C27H27FO3.C22H17FO.C16H12ClFO.C14H17BClFO2.C8H7BrO.C6H7BO2.C6H3BrClF.C6H14O2.C4H9NO3.C2H3B.C2H6/c1-19-11-12-20(15-16-27(2,18-29)26(30)31)17-23(19)14-13-22-9-6-10-24(25(22)28)21-7-4-3-5-8-21;1-16-10-11-17(15-24)14-20(16)13-12-19-8-5-9-21(22(19)23)18-6-3-2-4-7-18;1-11-5-6-12(10-19)9-14(11)8-7-13-3-2-4-15(17)16(13)18;1-13(2)14(3,4)19-15(18-13)9-8-10-6-5-7-11(16)12(10)17;1-6-2-3-7(5-10)4-8(6)9;8-7(9)6-4-2-1-3-5-6;7-4-2-1-3-5(8)6(4)9;1-5(2,7)6(3,4)8;1-4(5,2-6)3(7)8;1-2-3;1-2/h3-14,17,29H,15-16,18H2,1-2H3,(H,30,31);2-15H,1H3;2-10H,1H3;5-9H,1-4H3;2-5H,1H3;1-5,8-9H;1-3H;7-8H,1-4H3;6H,2,5H2,1H3,(H,7,8);2H,1H2;1-2H3/b14-13+;13-12+;8-7+;9-8+;;;;;;;/t27-;;;;;;;;4-;;/m0.......0../s1. The third-order valence-electron chi connectivity index (χ3n) is 21.9. The molecule has 13 rings (SSSR count). The topological polar surface area (TPSA) is 292 Å². The Labute approximate surface area is 865 Å². The van der Waals surface area contributed by atoms with Gasteiger partial charge in [0.25, 0.3) is 0 Å². The number of carbonyl (C=O) groups excluding carboxylic acids is 3. The average Bonchev–Trinajstić information content (AvgIpc) is 1.63. The van der Waals surface area contributed by atoms with Gasteiger partial charge in [-0.05, 0) is 229 Å². The highest BCUT2D eigenvalue weighted by atomic mass is 79.9. The van der Waals surface area contributed by atoms with Gasteiger partial charge < -0.3 is 55.7 Å². The molecular formula is C113H122B3Br2Cl3F5NO15. The van der Waals surface area contributed by atoms with Gasteiger partial charge in [-0.25, -0.2) is 22.0 Å². The van der Waals surface area contributed by atoms with Crippen molar-refractivity contribution in [3.05, 3.63) is 410 Å². The molecule has 142 heavy (non-hydrogen) atoms. The van der Waals surface area contributed by atoms with Crippen LogP contribution in [0.5, 0.6) is 0 Å². The number of carboxylic acid groups (broad SMARTS) is 2. The molecule has 29 heteroatoms. The first kappa shape index (κ1) is 125. The van der Waals surface area contributed by atoms with Gasteiger partial charge in [-0.15, -0.1) is 12.6 Å². The Morgan fingerprint density at radius 2 is 0.775 bits per heavy atom. The molecule has 1 aliphatic rings. The Kier molecular flexibility index (Phi) is 54.1. The van der Waals surface area contributed by atoms with Crippen LogP contribution in [0.2, 0.25) is 15.1 Å². The van der Waals surface area contributed by atoms with Crippen molar-refractivity contribution in [3.63, 3.8) is 0 Å². The van der Waals surface area contributed by atoms with Gasteiger partial charge >= 0.3 is 26.2 Å². The van der Waals surface area contributed by atoms with Gasteiger partial charge in [-0.3, -0.25) is 24.0 Å². The second-order valence-corrected chi connectivity index (χ2v) is 37.2. The number of aliphatic carboxylic acids is 2. The summed E-state index contributed by atoms with van der Waals surface area (Å²) in [5, 5.41) is 70.9. The van der Waals surface area contributed by atoms with Crippen LogP contribution in [0, 0.1) is 62.2 Å². The number of carboxylic acids is 2. The van der Waals surface area contributed by atoms with Crippen LogP contribution in [0.4, 0.5) is 22.0 Å². The van der Waals surface area contributed by atoms with Gasteiger partial charge in [0.15, 0.2) is 5.82 Å². The molecule has 1 fully saturated rings. The fraction of sp³-hybridized carbons (Fsp3) is 0.230. The summed E-state index contributed by atoms with van der Waals surface area (Å²) in [6.45, 7) is 31.0. The molecule has 0 aliphatic carbocycles. The summed E-state index contributed by atoms with van der Waals surface area (Å²) in [4.78, 5) is 53.3. The van der Waals surface area contributed by atoms with Crippen molar-refractivity contribution in [1.82, 2.24) is 0 Å². The second kappa shape index (κ2) is 61.6. The molecule has 0 unspecified atom stereocenters. The molecule has 12 aromatic carbocycles. The van der Waals surface area contributed by atoms with E-state index >= 15 is 4.39 Å². The van der Waals surface area contributed by atoms with Crippen LogP contribution in [0.1, 0.15) is 187 Å². The summed E-state index contributed by atoms with van der Waals surface area (Å²) >= 11 is 23.2. The zero-order chi connectivity index (χ0) is 107. The first-order chi connectivity index (χ1) is 66.8. The molecule has 10 N–H and O–H groups in total. The van der Waals surface area contributed by atoms with Crippen LogP contribution in [-0.2, 0) is 25.3 Å². The number of hydrogen-bond donors (Lipinski definition) is 9. The van der Waals surface area contributed by atoms with Crippen molar-refractivity contribution in [2.24, 2.45) is 11.1 Å². The maximum atomic E-state index is 15.1. The molecule has 0 saturated carbocycles. The highest BCUT2D eigenvalue weighted by molar-refractivity contribution is 9.10. The van der Waals surface area contributed by atoms with E-state index in [4.69, 9.17) is 80.3 Å². The first-order valence-corrected chi connectivity index (χ1v) is 47.3. The second-order valence-electron chi connectivity index (χ2n) is 34.3. The van der Waals surface area contributed by atoms with Crippen LogP contribution >= 0.6 is 66.7 Å². The fourth-order valence-electron chi connectivity index (χ4n) is 11.4. The molecule has 1 heterocycles. The van der Waals surface area contributed by atoms with Crippen molar-refractivity contribution in [3.8, 4) is 22.3 Å². The van der Waals surface area contributed by atoms with E-state index in [0.29, 0.717) is 72.8 Å². The molecule has 1 saturated heterocycles. The molecular weight excluding hydrogens is 2000 g/mol. The summed E-state index contributed by atoms with van der Waals surface area (Å²) < 4.78 is 82.8. The number of rotatable bonds is 22. The molecule has 12 aromatic rings. The van der Waals surface area contributed by atoms with Gasteiger partial charge in [-0.1, -0.05) is 325 Å². The fourth-order valence-corrected chi connectivity index (χ4v) is 12.8.